The second kappa shape index (κ2) is 7.04. The highest BCUT2D eigenvalue weighted by atomic mass is 32.1. The van der Waals surface area contributed by atoms with Crippen LogP contribution in [0.4, 0.5) is 11.6 Å². The normalized spacial score (nSPS) is 10.4. The Balaban J connectivity index is 1.91. The van der Waals surface area contributed by atoms with Gasteiger partial charge in [-0.15, -0.1) is 11.3 Å². The van der Waals surface area contributed by atoms with Crippen LogP contribution in [0.2, 0.25) is 0 Å². The van der Waals surface area contributed by atoms with E-state index in [2.05, 4.69) is 39.4 Å². The summed E-state index contributed by atoms with van der Waals surface area (Å²) in [5, 5.41) is 7.60. The number of hydrogen-bond acceptors (Lipinski definition) is 6. The van der Waals surface area contributed by atoms with Crippen LogP contribution in [-0.2, 0) is 13.0 Å². The van der Waals surface area contributed by atoms with Gasteiger partial charge >= 0.3 is 0 Å². The van der Waals surface area contributed by atoms with Crippen molar-refractivity contribution in [1.82, 2.24) is 15.0 Å². The predicted molar refractivity (Wildman–Crippen MR) is 79.6 cm³/mol. The monoisotopic (exact) mass is 277 g/mol. The van der Waals surface area contributed by atoms with E-state index in [-0.39, 0.29) is 0 Å². The molecule has 0 saturated heterocycles. The van der Waals surface area contributed by atoms with Crippen LogP contribution < -0.4 is 10.6 Å². The van der Waals surface area contributed by atoms with E-state index in [1.807, 2.05) is 12.3 Å². The third kappa shape index (κ3) is 4.17. The van der Waals surface area contributed by atoms with Gasteiger partial charge in [0.2, 0.25) is 0 Å². The average Bonchev–Trinajstić information content (AvgIpc) is 2.91. The van der Waals surface area contributed by atoms with E-state index in [0.717, 1.165) is 36.0 Å². The Hall–Kier alpha value is -1.69. The van der Waals surface area contributed by atoms with Crippen molar-refractivity contribution in [3.63, 3.8) is 0 Å². The van der Waals surface area contributed by atoms with Crippen molar-refractivity contribution in [1.29, 1.82) is 0 Å². The standard InChI is InChI=1S/C13H19N5S/c1-3-5-14-11-6-12(18-9-17-11)15-8-13-16-7-10(4-2)19-13/h6-7,9H,3-5,8H2,1-2H3,(H2,14,15,17,18). The van der Waals surface area contributed by atoms with Crippen LogP contribution >= 0.6 is 11.3 Å². The predicted octanol–water partition coefficient (Wildman–Crippen LogP) is 2.93. The first-order chi connectivity index (χ1) is 9.31. The quantitative estimate of drug-likeness (QED) is 0.814. The minimum absolute atomic E-state index is 0.703. The number of rotatable bonds is 7. The lowest BCUT2D eigenvalue weighted by atomic mass is 10.4. The summed E-state index contributed by atoms with van der Waals surface area (Å²) < 4.78 is 0. The van der Waals surface area contributed by atoms with Crippen LogP contribution in [0, 0.1) is 0 Å². The maximum Gasteiger partial charge on any atom is 0.131 e. The Morgan fingerprint density at radius 2 is 1.89 bits per heavy atom. The molecule has 0 saturated carbocycles. The van der Waals surface area contributed by atoms with Gasteiger partial charge in [-0.25, -0.2) is 15.0 Å². The molecular weight excluding hydrogens is 258 g/mol. The summed E-state index contributed by atoms with van der Waals surface area (Å²) in [4.78, 5) is 14.1. The van der Waals surface area contributed by atoms with Crippen LogP contribution in [0.3, 0.4) is 0 Å². The molecule has 2 rings (SSSR count). The molecule has 0 aliphatic heterocycles. The fourth-order valence-electron chi connectivity index (χ4n) is 1.56. The lowest BCUT2D eigenvalue weighted by Gasteiger charge is -2.06. The Labute approximate surface area is 117 Å². The highest BCUT2D eigenvalue weighted by Gasteiger charge is 2.02. The summed E-state index contributed by atoms with van der Waals surface area (Å²) in [5.41, 5.74) is 0. The maximum absolute atomic E-state index is 4.37. The van der Waals surface area contributed by atoms with Crippen molar-refractivity contribution in [3.8, 4) is 0 Å². The van der Waals surface area contributed by atoms with Gasteiger partial charge in [0.25, 0.3) is 0 Å². The number of thiazole rings is 1. The minimum atomic E-state index is 0.703. The van der Waals surface area contributed by atoms with Crippen LogP contribution in [0.15, 0.2) is 18.6 Å². The topological polar surface area (TPSA) is 62.7 Å². The molecule has 0 amide bonds. The third-order valence-corrected chi connectivity index (χ3v) is 3.74. The molecule has 0 bridgehead atoms. The van der Waals surface area contributed by atoms with Gasteiger partial charge in [0, 0.05) is 23.7 Å². The first-order valence-corrected chi connectivity index (χ1v) is 7.36. The van der Waals surface area contributed by atoms with Crippen molar-refractivity contribution in [2.24, 2.45) is 0 Å². The van der Waals surface area contributed by atoms with Crippen LogP contribution in [0.25, 0.3) is 0 Å². The molecule has 0 fully saturated rings. The summed E-state index contributed by atoms with van der Waals surface area (Å²) in [6.45, 7) is 5.89. The average molecular weight is 277 g/mol. The number of aromatic nitrogens is 3. The fraction of sp³-hybridized carbons (Fsp3) is 0.462. The molecule has 102 valence electrons. The number of nitrogens with zero attached hydrogens (tertiary/aromatic N) is 3. The second-order valence-corrected chi connectivity index (χ2v) is 5.34. The van der Waals surface area contributed by atoms with Gasteiger partial charge in [-0.3, -0.25) is 0 Å². The lowest BCUT2D eigenvalue weighted by molar-refractivity contribution is 0.963. The van der Waals surface area contributed by atoms with E-state index in [1.165, 1.54) is 4.88 Å². The maximum atomic E-state index is 4.37. The van der Waals surface area contributed by atoms with Crippen LogP contribution in [0.5, 0.6) is 0 Å². The summed E-state index contributed by atoms with van der Waals surface area (Å²) in [6.07, 6.45) is 5.62. The van der Waals surface area contributed by atoms with Crippen molar-refractivity contribution >= 4 is 23.0 Å². The molecule has 2 heterocycles. The zero-order valence-electron chi connectivity index (χ0n) is 11.3. The second-order valence-electron chi connectivity index (χ2n) is 4.14. The molecule has 0 unspecified atom stereocenters. The van der Waals surface area contributed by atoms with Crippen LogP contribution in [-0.4, -0.2) is 21.5 Å². The van der Waals surface area contributed by atoms with Gasteiger partial charge in [0.15, 0.2) is 0 Å². The van der Waals surface area contributed by atoms with Crippen molar-refractivity contribution in [3.05, 3.63) is 28.5 Å². The smallest absolute Gasteiger partial charge is 0.131 e. The van der Waals surface area contributed by atoms with Crippen molar-refractivity contribution in [2.45, 2.75) is 33.2 Å². The van der Waals surface area contributed by atoms with Gasteiger partial charge in [-0.05, 0) is 12.8 Å². The number of hydrogen-bond donors (Lipinski definition) is 2. The number of anilines is 2. The highest BCUT2D eigenvalue weighted by molar-refractivity contribution is 7.11. The van der Waals surface area contributed by atoms with E-state index in [1.54, 1.807) is 17.7 Å². The number of nitrogens with one attached hydrogen (secondary N) is 2. The Morgan fingerprint density at radius 1 is 1.11 bits per heavy atom. The van der Waals surface area contributed by atoms with Gasteiger partial charge in [0.1, 0.15) is 23.0 Å². The molecule has 0 aliphatic rings. The Bertz CT molecular complexity index is 511. The molecule has 6 heteroatoms. The van der Waals surface area contributed by atoms with E-state index >= 15 is 0 Å². The lowest BCUT2D eigenvalue weighted by Crippen LogP contribution is -2.05. The molecule has 0 aliphatic carbocycles. The van der Waals surface area contributed by atoms with E-state index < -0.39 is 0 Å². The van der Waals surface area contributed by atoms with Crippen molar-refractivity contribution < 1.29 is 0 Å². The summed E-state index contributed by atoms with van der Waals surface area (Å²) in [7, 11) is 0. The zero-order chi connectivity index (χ0) is 13.5. The SMILES string of the molecule is CCCNc1cc(NCc2ncc(CC)s2)ncn1. The highest BCUT2D eigenvalue weighted by Crippen LogP contribution is 2.15. The molecule has 0 radical (unpaired) electrons. The first-order valence-electron chi connectivity index (χ1n) is 6.55. The Morgan fingerprint density at radius 3 is 2.58 bits per heavy atom. The molecule has 19 heavy (non-hydrogen) atoms. The summed E-state index contributed by atoms with van der Waals surface area (Å²) in [5.74, 6) is 1.68. The van der Waals surface area contributed by atoms with Gasteiger partial charge in [-0.2, -0.15) is 0 Å². The van der Waals surface area contributed by atoms with E-state index in [9.17, 15) is 0 Å². The Kier molecular flexibility index (Phi) is 5.09. The van der Waals surface area contributed by atoms with Crippen molar-refractivity contribution in [2.75, 3.05) is 17.2 Å². The molecule has 0 spiro atoms. The minimum Gasteiger partial charge on any atom is -0.370 e. The zero-order valence-corrected chi connectivity index (χ0v) is 12.1. The molecule has 0 atom stereocenters. The first kappa shape index (κ1) is 13.7. The molecule has 2 aromatic rings. The largest absolute Gasteiger partial charge is 0.370 e. The third-order valence-electron chi connectivity index (χ3n) is 2.59. The number of aryl methyl sites for hydroxylation is 1. The molecule has 0 aromatic carbocycles. The van der Waals surface area contributed by atoms with Gasteiger partial charge in [0.05, 0.1) is 6.54 Å². The van der Waals surface area contributed by atoms with E-state index in [4.69, 9.17) is 0 Å². The fourth-order valence-corrected chi connectivity index (χ4v) is 2.37. The molecular formula is C13H19N5S. The molecule has 2 aromatic heterocycles. The van der Waals surface area contributed by atoms with Gasteiger partial charge < -0.3 is 10.6 Å². The van der Waals surface area contributed by atoms with Gasteiger partial charge in [-0.1, -0.05) is 13.8 Å². The summed E-state index contributed by atoms with van der Waals surface area (Å²) in [6, 6.07) is 1.92. The molecule has 2 N–H and O–H groups in total. The van der Waals surface area contributed by atoms with Crippen LogP contribution in [0.1, 0.15) is 30.2 Å². The summed E-state index contributed by atoms with van der Waals surface area (Å²) >= 11 is 1.74. The molecule has 5 nitrogen and oxygen atoms in total. The van der Waals surface area contributed by atoms with E-state index in [0.29, 0.717) is 6.54 Å².